The minimum atomic E-state index is -1.23. The largest absolute Gasteiger partial charge is 0.299 e. The smallest absolute Gasteiger partial charge is 0.155 e. The average molecular weight is 304 g/mol. The first-order valence-corrected chi connectivity index (χ1v) is 8.77. The van der Waals surface area contributed by atoms with Crippen LogP contribution >= 0.6 is 0 Å². The normalized spacial score (nSPS) is 51.0. The Kier molecular flexibility index (Phi) is 2.85. The minimum Gasteiger partial charge on any atom is -0.299 e. The fourth-order valence-corrected chi connectivity index (χ4v) is 6.22. The molecule has 0 radical (unpaired) electrons. The van der Waals surface area contributed by atoms with Crippen molar-refractivity contribution in [2.45, 2.75) is 70.9 Å². The highest BCUT2D eigenvalue weighted by atomic mass is 19.1. The lowest BCUT2D eigenvalue weighted by Crippen LogP contribution is -2.60. The summed E-state index contributed by atoms with van der Waals surface area (Å²) in [5.41, 5.74) is -0.971. The zero-order chi connectivity index (χ0) is 15.8. The van der Waals surface area contributed by atoms with Crippen LogP contribution in [0.4, 0.5) is 4.39 Å². The monoisotopic (exact) mass is 304 g/mol. The summed E-state index contributed by atoms with van der Waals surface area (Å²) in [5.74, 6) is 0.707. The van der Waals surface area contributed by atoms with E-state index in [4.69, 9.17) is 0 Å². The molecule has 120 valence electrons. The van der Waals surface area contributed by atoms with E-state index in [1.807, 2.05) is 6.92 Å². The molecular formula is C19H25FO2. The summed E-state index contributed by atoms with van der Waals surface area (Å²) in [7, 11) is 0. The van der Waals surface area contributed by atoms with Crippen LogP contribution in [-0.4, -0.2) is 17.2 Å². The van der Waals surface area contributed by atoms with Gasteiger partial charge >= 0.3 is 0 Å². The molecule has 3 saturated carbocycles. The topological polar surface area (TPSA) is 34.1 Å². The maximum Gasteiger partial charge on any atom is 0.155 e. The highest BCUT2D eigenvalue weighted by Crippen LogP contribution is 2.67. The maximum absolute atomic E-state index is 16.3. The van der Waals surface area contributed by atoms with Crippen molar-refractivity contribution in [3.8, 4) is 0 Å². The zero-order valence-corrected chi connectivity index (χ0v) is 13.6. The van der Waals surface area contributed by atoms with Gasteiger partial charge in [0.15, 0.2) is 5.78 Å². The molecule has 0 saturated heterocycles. The Balaban J connectivity index is 1.78. The second-order valence-electron chi connectivity index (χ2n) is 8.46. The maximum atomic E-state index is 16.3. The fraction of sp³-hybridized carbons (Fsp3) is 0.789. The van der Waals surface area contributed by atoms with E-state index in [1.165, 1.54) is 0 Å². The van der Waals surface area contributed by atoms with Gasteiger partial charge in [0.05, 0.1) is 0 Å². The van der Waals surface area contributed by atoms with Crippen LogP contribution in [0.3, 0.4) is 0 Å². The van der Waals surface area contributed by atoms with Crippen LogP contribution in [-0.2, 0) is 9.59 Å². The highest BCUT2D eigenvalue weighted by molar-refractivity contribution is 5.92. The number of hydrogen-bond donors (Lipinski definition) is 0. The number of ketones is 2. The molecule has 0 heterocycles. The van der Waals surface area contributed by atoms with Crippen LogP contribution in [0.1, 0.15) is 65.2 Å². The van der Waals surface area contributed by atoms with E-state index in [9.17, 15) is 9.59 Å². The molecule has 0 spiro atoms. The van der Waals surface area contributed by atoms with E-state index in [0.717, 1.165) is 24.8 Å². The number of allylic oxidation sites excluding steroid dienone is 1. The van der Waals surface area contributed by atoms with Crippen LogP contribution < -0.4 is 0 Å². The number of fused-ring (bicyclic) bond motifs is 5. The van der Waals surface area contributed by atoms with Crippen LogP contribution in [0, 0.1) is 22.7 Å². The number of carbonyl (C=O) groups excluding carboxylic acids is 2. The number of rotatable bonds is 0. The van der Waals surface area contributed by atoms with Gasteiger partial charge in [0, 0.05) is 23.7 Å². The van der Waals surface area contributed by atoms with Crippen LogP contribution in [0.25, 0.3) is 0 Å². The van der Waals surface area contributed by atoms with Crippen molar-refractivity contribution in [1.29, 1.82) is 0 Å². The van der Waals surface area contributed by atoms with Gasteiger partial charge in [-0.05, 0) is 56.4 Å². The quantitative estimate of drug-likeness (QED) is 0.673. The first-order valence-electron chi connectivity index (χ1n) is 8.77. The Bertz CT molecular complexity index is 594. The van der Waals surface area contributed by atoms with Crippen molar-refractivity contribution < 1.29 is 14.0 Å². The zero-order valence-electron chi connectivity index (χ0n) is 13.6. The molecule has 3 heteroatoms. The number of halogens is 1. The van der Waals surface area contributed by atoms with E-state index in [1.54, 1.807) is 6.08 Å². The lowest BCUT2D eigenvalue weighted by atomic mass is 9.46. The first kappa shape index (κ1) is 14.6. The van der Waals surface area contributed by atoms with Gasteiger partial charge < -0.3 is 0 Å². The van der Waals surface area contributed by atoms with Gasteiger partial charge in [-0.2, -0.15) is 0 Å². The predicted octanol–water partition coefficient (Wildman–Crippen LogP) is 4.18. The Hall–Kier alpha value is -0.990. The molecule has 0 aliphatic heterocycles. The van der Waals surface area contributed by atoms with Gasteiger partial charge in [0.25, 0.3) is 0 Å². The molecule has 0 aromatic heterocycles. The molecule has 4 aliphatic rings. The number of carbonyl (C=O) groups is 2. The Morgan fingerprint density at radius 2 is 1.73 bits per heavy atom. The van der Waals surface area contributed by atoms with Crippen molar-refractivity contribution in [3.63, 3.8) is 0 Å². The van der Waals surface area contributed by atoms with Crippen LogP contribution in [0.2, 0.25) is 0 Å². The van der Waals surface area contributed by atoms with E-state index in [0.29, 0.717) is 37.9 Å². The van der Waals surface area contributed by atoms with Crippen molar-refractivity contribution in [1.82, 2.24) is 0 Å². The van der Waals surface area contributed by atoms with Gasteiger partial charge in [-0.1, -0.05) is 19.4 Å². The summed E-state index contributed by atoms with van der Waals surface area (Å²) in [6.07, 6.45) is 7.14. The number of alkyl halides is 1. The van der Waals surface area contributed by atoms with Gasteiger partial charge in [0.1, 0.15) is 11.5 Å². The summed E-state index contributed by atoms with van der Waals surface area (Å²) in [4.78, 5) is 24.1. The summed E-state index contributed by atoms with van der Waals surface area (Å²) >= 11 is 0. The molecule has 0 aromatic carbocycles. The minimum absolute atomic E-state index is 0.00643. The van der Waals surface area contributed by atoms with E-state index < -0.39 is 11.1 Å². The Morgan fingerprint density at radius 1 is 1.00 bits per heavy atom. The van der Waals surface area contributed by atoms with Crippen molar-refractivity contribution in [2.24, 2.45) is 22.7 Å². The standard InChI is InChI=1S/C19H25FO2/c1-17-9-10-19(20)15(14(17)5-6-16(17)22)4-3-12-11-13(21)7-8-18(12,19)2/h11,14-15H,3-10H2,1-2H3. The lowest BCUT2D eigenvalue weighted by Gasteiger charge is -2.60. The molecular weight excluding hydrogens is 279 g/mol. The second kappa shape index (κ2) is 4.30. The molecule has 5 atom stereocenters. The molecule has 0 N–H and O–H groups in total. The van der Waals surface area contributed by atoms with E-state index in [2.05, 4.69) is 6.92 Å². The number of hydrogen-bond acceptors (Lipinski definition) is 2. The fourth-order valence-electron chi connectivity index (χ4n) is 6.22. The Labute approximate surface area is 131 Å². The molecule has 0 bridgehead atoms. The molecule has 5 unspecified atom stereocenters. The van der Waals surface area contributed by atoms with Crippen LogP contribution in [0.5, 0.6) is 0 Å². The van der Waals surface area contributed by atoms with Crippen molar-refractivity contribution >= 4 is 11.6 Å². The summed E-state index contributed by atoms with van der Waals surface area (Å²) in [6, 6.07) is 0. The first-order chi connectivity index (χ1) is 10.3. The SMILES string of the molecule is CC12CCC3(F)C(CCC4=CC(=O)CCC43C)C1CCC2=O. The lowest BCUT2D eigenvalue weighted by molar-refractivity contribution is -0.152. The molecule has 0 aromatic rings. The van der Waals surface area contributed by atoms with E-state index >= 15 is 4.39 Å². The summed E-state index contributed by atoms with van der Waals surface area (Å²) in [5, 5.41) is 0. The molecule has 0 amide bonds. The summed E-state index contributed by atoms with van der Waals surface area (Å²) in [6.45, 7) is 4.11. The molecule has 22 heavy (non-hydrogen) atoms. The Morgan fingerprint density at radius 3 is 2.50 bits per heavy atom. The number of Topliss-reactive ketones (excluding diaryl/α,β-unsaturated/α-hetero) is 1. The van der Waals surface area contributed by atoms with Gasteiger partial charge in [0.2, 0.25) is 0 Å². The van der Waals surface area contributed by atoms with Crippen LogP contribution in [0.15, 0.2) is 11.6 Å². The third-order valence-corrected chi connectivity index (χ3v) is 7.78. The highest BCUT2D eigenvalue weighted by Gasteiger charge is 2.66. The second-order valence-corrected chi connectivity index (χ2v) is 8.46. The molecule has 4 aliphatic carbocycles. The molecule has 4 rings (SSSR count). The van der Waals surface area contributed by atoms with Crippen molar-refractivity contribution in [3.05, 3.63) is 11.6 Å². The molecule has 3 fully saturated rings. The van der Waals surface area contributed by atoms with Gasteiger partial charge in [-0.25, -0.2) is 4.39 Å². The predicted molar refractivity (Wildman–Crippen MR) is 82.1 cm³/mol. The van der Waals surface area contributed by atoms with Gasteiger partial charge in [-0.3, -0.25) is 9.59 Å². The van der Waals surface area contributed by atoms with Gasteiger partial charge in [-0.15, -0.1) is 0 Å². The summed E-state index contributed by atoms with van der Waals surface area (Å²) < 4.78 is 16.3. The van der Waals surface area contributed by atoms with Crippen molar-refractivity contribution in [2.75, 3.05) is 0 Å². The third kappa shape index (κ3) is 1.55. The third-order valence-electron chi connectivity index (χ3n) is 7.78. The average Bonchev–Trinajstić information content (AvgIpc) is 2.77. The molecule has 2 nitrogen and oxygen atoms in total. The van der Waals surface area contributed by atoms with E-state index in [-0.39, 0.29) is 23.0 Å².